The van der Waals surface area contributed by atoms with Crippen molar-refractivity contribution in [2.45, 2.75) is 31.9 Å². The lowest BCUT2D eigenvalue weighted by molar-refractivity contribution is 0.157. The quantitative estimate of drug-likeness (QED) is 0.945. The van der Waals surface area contributed by atoms with Crippen molar-refractivity contribution < 1.29 is 9.84 Å². The Labute approximate surface area is 122 Å². The molecule has 0 saturated carbocycles. The summed E-state index contributed by atoms with van der Waals surface area (Å²) in [5, 5.41) is 14.9. The summed E-state index contributed by atoms with van der Waals surface area (Å²) in [4.78, 5) is 0. The van der Waals surface area contributed by atoms with E-state index in [0.717, 1.165) is 24.1 Å². The number of nitrogens with zero attached hydrogens (tertiary/aromatic N) is 2. The molecule has 20 heavy (non-hydrogen) atoms. The molecule has 0 amide bonds. The summed E-state index contributed by atoms with van der Waals surface area (Å²) >= 11 is 6.30. The molecule has 1 aliphatic rings. The highest BCUT2D eigenvalue weighted by Crippen LogP contribution is 2.28. The Morgan fingerprint density at radius 3 is 3.15 bits per heavy atom. The lowest BCUT2D eigenvalue weighted by Crippen LogP contribution is -2.17. The smallest absolute Gasteiger partial charge is 0.137 e. The van der Waals surface area contributed by atoms with E-state index in [1.165, 1.54) is 5.56 Å². The van der Waals surface area contributed by atoms with Crippen LogP contribution in [0.25, 0.3) is 0 Å². The second-order valence-corrected chi connectivity index (χ2v) is 5.51. The average molecular weight is 293 g/mol. The van der Waals surface area contributed by atoms with Crippen molar-refractivity contribution in [3.63, 3.8) is 0 Å². The lowest BCUT2D eigenvalue weighted by Gasteiger charge is -2.14. The van der Waals surface area contributed by atoms with Gasteiger partial charge in [-0.15, -0.1) is 0 Å². The van der Waals surface area contributed by atoms with Crippen LogP contribution in [0.3, 0.4) is 0 Å². The van der Waals surface area contributed by atoms with Gasteiger partial charge in [-0.05, 0) is 30.0 Å². The Morgan fingerprint density at radius 1 is 1.50 bits per heavy atom. The van der Waals surface area contributed by atoms with Crippen molar-refractivity contribution in [1.82, 2.24) is 9.78 Å². The van der Waals surface area contributed by atoms with Gasteiger partial charge in [-0.25, -0.2) is 0 Å². The number of methoxy groups -OCH3 is 1. The molecule has 106 valence electrons. The third kappa shape index (κ3) is 2.53. The molecule has 1 unspecified atom stereocenters. The zero-order valence-electron chi connectivity index (χ0n) is 11.3. The number of benzene rings is 1. The number of rotatable bonds is 3. The van der Waals surface area contributed by atoms with Crippen LogP contribution in [-0.2, 0) is 19.4 Å². The van der Waals surface area contributed by atoms with Crippen molar-refractivity contribution in [3.05, 3.63) is 46.2 Å². The molecule has 0 fully saturated rings. The maximum atomic E-state index is 9.68. The van der Waals surface area contributed by atoms with Gasteiger partial charge >= 0.3 is 0 Å². The molecule has 1 atom stereocenters. The van der Waals surface area contributed by atoms with Crippen LogP contribution >= 0.6 is 11.6 Å². The summed E-state index contributed by atoms with van der Waals surface area (Å²) in [5.74, 6) is 0.677. The summed E-state index contributed by atoms with van der Waals surface area (Å²) in [7, 11) is 1.61. The fourth-order valence-electron chi connectivity index (χ4n) is 2.62. The zero-order chi connectivity index (χ0) is 14.1. The molecule has 0 radical (unpaired) electrons. The van der Waals surface area contributed by atoms with Crippen LogP contribution in [0.5, 0.6) is 5.75 Å². The second-order valence-electron chi connectivity index (χ2n) is 5.13. The monoisotopic (exact) mass is 292 g/mol. The standard InChI is InChI=1S/C15H17ClN2O2/c1-20-14-4-2-3-11(15(14)16)9-18-8-10-5-6-12(19)7-13(10)17-18/h2-4,8,12,19H,5-7,9H2,1H3. The molecule has 1 aliphatic carbocycles. The van der Waals surface area contributed by atoms with Crippen LogP contribution in [0.2, 0.25) is 5.02 Å². The van der Waals surface area contributed by atoms with Crippen LogP contribution in [0.4, 0.5) is 0 Å². The maximum absolute atomic E-state index is 9.68. The largest absolute Gasteiger partial charge is 0.495 e. The highest BCUT2D eigenvalue weighted by atomic mass is 35.5. The molecular weight excluding hydrogens is 276 g/mol. The highest BCUT2D eigenvalue weighted by Gasteiger charge is 2.20. The van der Waals surface area contributed by atoms with Crippen LogP contribution in [0.1, 0.15) is 23.2 Å². The molecule has 1 heterocycles. The first-order chi connectivity index (χ1) is 9.67. The van der Waals surface area contributed by atoms with Crippen molar-refractivity contribution in [2.75, 3.05) is 7.11 Å². The second kappa shape index (κ2) is 5.46. The van der Waals surface area contributed by atoms with Gasteiger partial charge in [0.05, 0.1) is 30.5 Å². The number of aryl methyl sites for hydroxylation is 1. The van der Waals surface area contributed by atoms with Crippen molar-refractivity contribution >= 4 is 11.6 Å². The zero-order valence-corrected chi connectivity index (χ0v) is 12.1. The summed E-state index contributed by atoms with van der Waals surface area (Å²) < 4.78 is 7.12. The minimum Gasteiger partial charge on any atom is -0.495 e. The molecule has 3 rings (SSSR count). The Morgan fingerprint density at radius 2 is 2.35 bits per heavy atom. The van der Waals surface area contributed by atoms with Crippen molar-refractivity contribution in [3.8, 4) is 5.75 Å². The number of halogens is 1. The van der Waals surface area contributed by atoms with E-state index in [1.54, 1.807) is 7.11 Å². The first kappa shape index (κ1) is 13.5. The van der Waals surface area contributed by atoms with Gasteiger partial charge in [-0.1, -0.05) is 23.7 Å². The van der Waals surface area contributed by atoms with E-state index >= 15 is 0 Å². The summed E-state index contributed by atoms with van der Waals surface area (Å²) in [6.07, 6.45) is 4.15. The number of aliphatic hydroxyl groups excluding tert-OH is 1. The van der Waals surface area contributed by atoms with Crippen LogP contribution in [0, 0.1) is 0 Å². The van der Waals surface area contributed by atoms with E-state index in [9.17, 15) is 5.11 Å². The van der Waals surface area contributed by atoms with Gasteiger partial charge in [-0.2, -0.15) is 5.10 Å². The Bertz CT molecular complexity index is 624. The lowest BCUT2D eigenvalue weighted by atomic mass is 9.96. The van der Waals surface area contributed by atoms with E-state index in [2.05, 4.69) is 11.3 Å². The SMILES string of the molecule is COc1cccc(Cn2cc3c(n2)CC(O)CC3)c1Cl. The number of fused-ring (bicyclic) bond motifs is 1. The fraction of sp³-hybridized carbons (Fsp3) is 0.400. The van der Waals surface area contributed by atoms with Gasteiger partial charge in [0.25, 0.3) is 0 Å². The number of hydrogen-bond acceptors (Lipinski definition) is 3. The normalized spacial score (nSPS) is 17.9. The molecular formula is C15H17ClN2O2. The van der Waals surface area contributed by atoms with Gasteiger partial charge in [0.2, 0.25) is 0 Å². The summed E-state index contributed by atoms with van der Waals surface area (Å²) in [6.45, 7) is 0.610. The van der Waals surface area contributed by atoms with Gasteiger partial charge in [0.15, 0.2) is 0 Å². The third-order valence-corrected chi connectivity index (χ3v) is 4.13. The number of aromatic nitrogens is 2. The van der Waals surface area contributed by atoms with E-state index in [0.29, 0.717) is 23.7 Å². The first-order valence-corrected chi connectivity index (χ1v) is 7.10. The first-order valence-electron chi connectivity index (χ1n) is 6.72. The van der Waals surface area contributed by atoms with Crippen molar-refractivity contribution in [2.24, 2.45) is 0 Å². The Hall–Kier alpha value is -1.52. The number of aliphatic hydroxyl groups is 1. The summed E-state index contributed by atoms with van der Waals surface area (Å²) in [6, 6.07) is 5.74. The molecule has 0 bridgehead atoms. The average Bonchev–Trinajstić information content (AvgIpc) is 2.82. The molecule has 1 aromatic carbocycles. The van der Waals surface area contributed by atoms with E-state index < -0.39 is 0 Å². The predicted molar refractivity (Wildman–Crippen MR) is 77.4 cm³/mol. The van der Waals surface area contributed by atoms with E-state index in [1.807, 2.05) is 22.9 Å². The summed E-state index contributed by atoms with van der Waals surface area (Å²) in [5.41, 5.74) is 3.21. The number of ether oxygens (including phenoxy) is 1. The van der Waals surface area contributed by atoms with Gasteiger partial charge in [0, 0.05) is 12.6 Å². The minimum absolute atomic E-state index is 0.258. The van der Waals surface area contributed by atoms with E-state index in [4.69, 9.17) is 16.3 Å². The topological polar surface area (TPSA) is 47.3 Å². The Kier molecular flexibility index (Phi) is 3.68. The van der Waals surface area contributed by atoms with Crippen LogP contribution < -0.4 is 4.74 Å². The van der Waals surface area contributed by atoms with Crippen LogP contribution in [-0.4, -0.2) is 28.1 Å². The third-order valence-electron chi connectivity index (χ3n) is 3.70. The molecule has 0 aliphatic heterocycles. The van der Waals surface area contributed by atoms with Gasteiger partial charge in [-0.3, -0.25) is 4.68 Å². The fourth-order valence-corrected chi connectivity index (χ4v) is 2.89. The molecule has 1 aromatic heterocycles. The van der Waals surface area contributed by atoms with E-state index in [-0.39, 0.29) is 6.10 Å². The molecule has 0 saturated heterocycles. The van der Waals surface area contributed by atoms with Gasteiger partial charge in [0.1, 0.15) is 5.75 Å². The van der Waals surface area contributed by atoms with Gasteiger partial charge < -0.3 is 9.84 Å². The predicted octanol–water partition coefficient (Wildman–Crippen LogP) is 2.44. The molecule has 5 heteroatoms. The highest BCUT2D eigenvalue weighted by molar-refractivity contribution is 6.32. The molecule has 2 aromatic rings. The van der Waals surface area contributed by atoms with Crippen molar-refractivity contribution in [1.29, 1.82) is 0 Å². The molecule has 4 nitrogen and oxygen atoms in total. The maximum Gasteiger partial charge on any atom is 0.137 e. The van der Waals surface area contributed by atoms with Crippen LogP contribution in [0.15, 0.2) is 24.4 Å². The molecule has 0 spiro atoms. The minimum atomic E-state index is -0.258. The molecule has 1 N–H and O–H groups in total. The number of hydrogen-bond donors (Lipinski definition) is 1. The Balaban J connectivity index is 1.85.